The number of nitrogens with one attached hydrogen (secondary N) is 2. The van der Waals surface area contributed by atoms with Gasteiger partial charge in [0.25, 0.3) is 17.1 Å². The van der Waals surface area contributed by atoms with Gasteiger partial charge in [0.1, 0.15) is 5.82 Å². The summed E-state index contributed by atoms with van der Waals surface area (Å²) < 4.78 is 13.8. The van der Waals surface area contributed by atoms with Crippen LogP contribution < -0.4 is 10.6 Å². The first-order chi connectivity index (χ1) is 15.2. The summed E-state index contributed by atoms with van der Waals surface area (Å²) >= 11 is 0.720. The topological polar surface area (TPSA) is 95.6 Å². The van der Waals surface area contributed by atoms with E-state index in [4.69, 9.17) is 0 Å². The van der Waals surface area contributed by atoms with Crippen molar-refractivity contribution in [2.75, 3.05) is 19.6 Å². The monoisotopic (exact) mass is 455 g/mol. The number of carbonyl (C=O) groups excluding carboxylic acids is 4. The van der Waals surface area contributed by atoms with Crippen molar-refractivity contribution in [3.05, 3.63) is 75.4 Å². The molecule has 0 aromatic heterocycles. The Morgan fingerprint density at radius 3 is 2.44 bits per heavy atom. The normalized spacial score (nSPS) is 14.7. The van der Waals surface area contributed by atoms with Gasteiger partial charge in [-0.2, -0.15) is 0 Å². The predicted molar refractivity (Wildman–Crippen MR) is 120 cm³/mol. The third-order valence-electron chi connectivity index (χ3n) is 4.62. The van der Waals surface area contributed by atoms with Gasteiger partial charge in [-0.15, -0.1) is 0 Å². The van der Waals surface area contributed by atoms with Crippen molar-refractivity contribution in [1.29, 1.82) is 0 Å². The van der Waals surface area contributed by atoms with E-state index in [2.05, 4.69) is 10.6 Å². The highest BCUT2D eigenvalue weighted by Crippen LogP contribution is 2.32. The molecule has 0 saturated carbocycles. The fourth-order valence-electron chi connectivity index (χ4n) is 3.16. The molecule has 2 aromatic carbocycles. The van der Waals surface area contributed by atoms with Gasteiger partial charge >= 0.3 is 0 Å². The van der Waals surface area contributed by atoms with Gasteiger partial charge in [-0.3, -0.25) is 24.1 Å². The second-order valence-electron chi connectivity index (χ2n) is 7.26. The molecule has 7 nitrogen and oxygen atoms in total. The van der Waals surface area contributed by atoms with E-state index in [1.807, 2.05) is 19.9 Å². The Kier molecular flexibility index (Phi) is 7.42. The van der Waals surface area contributed by atoms with Crippen LogP contribution in [0.4, 0.5) is 9.18 Å². The van der Waals surface area contributed by atoms with Crippen LogP contribution in [0.15, 0.2) is 47.4 Å². The number of hydrogen-bond acceptors (Lipinski definition) is 5. The predicted octanol–water partition coefficient (Wildman–Crippen LogP) is 3.03. The smallest absolute Gasteiger partial charge is 0.293 e. The highest BCUT2D eigenvalue weighted by molar-refractivity contribution is 8.18. The molecule has 0 bridgehead atoms. The molecule has 2 N–H and O–H groups in total. The lowest BCUT2D eigenvalue weighted by Crippen LogP contribution is -2.41. The van der Waals surface area contributed by atoms with Gasteiger partial charge in [0.05, 0.1) is 11.4 Å². The summed E-state index contributed by atoms with van der Waals surface area (Å²) in [4.78, 5) is 49.9. The minimum atomic E-state index is -0.541. The second kappa shape index (κ2) is 10.2. The van der Waals surface area contributed by atoms with Crippen LogP contribution in [0.25, 0.3) is 6.08 Å². The first kappa shape index (κ1) is 23.2. The SMILES string of the molecule is Cc1cc(C)cc(C(=O)NCC(=O)NCCN2C(=O)SC(=Cc3ccccc3F)C2=O)c1. The van der Waals surface area contributed by atoms with E-state index in [1.54, 1.807) is 18.2 Å². The number of carbonyl (C=O) groups is 4. The minimum Gasteiger partial charge on any atom is -0.353 e. The van der Waals surface area contributed by atoms with Crippen LogP contribution in [0.2, 0.25) is 0 Å². The van der Waals surface area contributed by atoms with Crippen LogP contribution in [-0.4, -0.2) is 47.5 Å². The highest BCUT2D eigenvalue weighted by atomic mass is 32.2. The molecule has 166 valence electrons. The summed E-state index contributed by atoms with van der Waals surface area (Å²) in [5.41, 5.74) is 2.57. The lowest BCUT2D eigenvalue weighted by atomic mass is 10.1. The number of halogens is 1. The second-order valence-corrected chi connectivity index (χ2v) is 8.26. The van der Waals surface area contributed by atoms with E-state index >= 15 is 0 Å². The summed E-state index contributed by atoms with van der Waals surface area (Å²) in [5.74, 6) is -1.84. The maximum Gasteiger partial charge on any atom is 0.293 e. The van der Waals surface area contributed by atoms with Crippen molar-refractivity contribution in [2.24, 2.45) is 0 Å². The standard InChI is InChI=1S/C23H22FN3O4S/c1-14-9-15(2)11-17(10-14)21(29)26-13-20(28)25-7-8-27-22(30)19(32-23(27)31)12-16-5-3-4-6-18(16)24/h3-6,9-12H,7-8,13H2,1-2H3,(H,25,28)(H,26,29). The third kappa shape index (κ3) is 5.82. The Bertz CT molecular complexity index is 1100. The number of benzene rings is 2. The Morgan fingerprint density at radius 2 is 1.75 bits per heavy atom. The summed E-state index contributed by atoms with van der Waals surface area (Å²) in [5, 5.41) is 4.62. The zero-order valence-corrected chi connectivity index (χ0v) is 18.4. The summed E-state index contributed by atoms with van der Waals surface area (Å²) in [7, 11) is 0. The molecule has 32 heavy (non-hydrogen) atoms. The van der Waals surface area contributed by atoms with Gasteiger partial charge < -0.3 is 10.6 Å². The van der Waals surface area contributed by atoms with Crippen molar-refractivity contribution in [1.82, 2.24) is 15.5 Å². The zero-order valence-electron chi connectivity index (χ0n) is 17.6. The fourth-order valence-corrected chi connectivity index (χ4v) is 4.02. The number of nitrogens with zero attached hydrogens (tertiary/aromatic N) is 1. The summed E-state index contributed by atoms with van der Waals surface area (Å²) in [6, 6.07) is 11.4. The average molecular weight is 456 g/mol. The van der Waals surface area contributed by atoms with Crippen LogP contribution in [0.3, 0.4) is 0 Å². The maximum atomic E-state index is 13.8. The van der Waals surface area contributed by atoms with Crippen LogP contribution in [0.1, 0.15) is 27.0 Å². The van der Waals surface area contributed by atoms with Gasteiger partial charge in [0.2, 0.25) is 5.91 Å². The Morgan fingerprint density at radius 1 is 1.06 bits per heavy atom. The van der Waals surface area contributed by atoms with Crippen molar-refractivity contribution in [3.8, 4) is 0 Å². The van der Waals surface area contributed by atoms with Crippen molar-refractivity contribution < 1.29 is 23.6 Å². The number of thioether (sulfide) groups is 1. The van der Waals surface area contributed by atoms with Gasteiger partial charge in [-0.1, -0.05) is 35.4 Å². The molecule has 1 aliphatic heterocycles. The lowest BCUT2D eigenvalue weighted by Gasteiger charge is -2.13. The van der Waals surface area contributed by atoms with Crippen LogP contribution >= 0.6 is 11.8 Å². The van der Waals surface area contributed by atoms with Gasteiger partial charge in [-0.05, 0) is 49.9 Å². The maximum absolute atomic E-state index is 13.8. The molecule has 9 heteroatoms. The van der Waals surface area contributed by atoms with E-state index in [0.29, 0.717) is 5.56 Å². The molecule has 1 aliphatic rings. The minimum absolute atomic E-state index is 0.0310. The fraction of sp³-hybridized carbons (Fsp3) is 0.217. The quantitative estimate of drug-likeness (QED) is 0.626. The zero-order chi connectivity index (χ0) is 23.3. The van der Waals surface area contributed by atoms with Gasteiger partial charge in [0.15, 0.2) is 0 Å². The van der Waals surface area contributed by atoms with E-state index in [-0.39, 0.29) is 36.0 Å². The molecular formula is C23H22FN3O4S. The molecule has 0 radical (unpaired) electrons. The van der Waals surface area contributed by atoms with E-state index in [0.717, 1.165) is 27.8 Å². The first-order valence-corrected chi connectivity index (χ1v) is 10.7. The molecule has 3 rings (SSSR count). The Hall–Kier alpha value is -3.46. The molecular weight excluding hydrogens is 433 g/mol. The van der Waals surface area contributed by atoms with E-state index < -0.39 is 22.9 Å². The summed E-state index contributed by atoms with van der Waals surface area (Å²) in [6.45, 7) is 3.53. The average Bonchev–Trinajstić information content (AvgIpc) is 3.00. The number of imide groups is 1. The van der Waals surface area contributed by atoms with Gasteiger partial charge in [0, 0.05) is 24.2 Å². The van der Waals surface area contributed by atoms with Crippen molar-refractivity contribution >= 4 is 40.8 Å². The molecule has 0 spiro atoms. The van der Waals surface area contributed by atoms with Crippen LogP contribution in [-0.2, 0) is 9.59 Å². The van der Waals surface area contributed by atoms with E-state index in [1.165, 1.54) is 24.3 Å². The molecule has 0 unspecified atom stereocenters. The molecule has 2 aromatic rings. The van der Waals surface area contributed by atoms with Crippen molar-refractivity contribution in [2.45, 2.75) is 13.8 Å². The van der Waals surface area contributed by atoms with Crippen molar-refractivity contribution in [3.63, 3.8) is 0 Å². The largest absolute Gasteiger partial charge is 0.353 e. The summed E-state index contributed by atoms with van der Waals surface area (Å²) in [6.07, 6.45) is 1.33. The molecule has 1 fully saturated rings. The number of amides is 4. The molecule has 1 heterocycles. The Balaban J connectivity index is 1.48. The third-order valence-corrected chi connectivity index (χ3v) is 5.52. The molecule has 0 aliphatic carbocycles. The molecule has 1 saturated heterocycles. The van der Waals surface area contributed by atoms with E-state index in [9.17, 15) is 23.6 Å². The van der Waals surface area contributed by atoms with Crippen LogP contribution in [0, 0.1) is 19.7 Å². The first-order valence-electron chi connectivity index (χ1n) is 9.87. The lowest BCUT2D eigenvalue weighted by molar-refractivity contribution is -0.124. The highest BCUT2D eigenvalue weighted by Gasteiger charge is 2.34. The van der Waals surface area contributed by atoms with Crippen LogP contribution in [0.5, 0.6) is 0 Å². The number of hydrogen-bond donors (Lipinski definition) is 2. The van der Waals surface area contributed by atoms with Gasteiger partial charge in [-0.25, -0.2) is 4.39 Å². The molecule has 0 atom stereocenters. The number of rotatable bonds is 7. The Labute approximate surface area is 189 Å². The number of aryl methyl sites for hydroxylation is 2. The molecule has 4 amide bonds.